The van der Waals surface area contributed by atoms with Crippen LogP contribution in [0.1, 0.15) is 25.2 Å². The van der Waals surface area contributed by atoms with E-state index in [4.69, 9.17) is 16.0 Å². The molecule has 1 aliphatic carbocycles. The van der Waals surface area contributed by atoms with E-state index >= 15 is 0 Å². The van der Waals surface area contributed by atoms with Crippen molar-refractivity contribution >= 4 is 27.5 Å². The van der Waals surface area contributed by atoms with Crippen LogP contribution in [0.25, 0.3) is 11.5 Å². The summed E-state index contributed by atoms with van der Waals surface area (Å²) in [4.78, 5) is 0. The highest BCUT2D eigenvalue weighted by Gasteiger charge is 2.19. The molecule has 1 N–H and O–H groups in total. The number of hydrogen-bond donors (Lipinski definition) is 1. The maximum atomic E-state index is 6.06. The molecule has 4 nitrogen and oxygen atoms in total. The van der Waals surface area contributed by atoms with Crippen LogP contribution in [0, 0.1) is 0 Å². The summed E-state index contributed by atoms with van der Waals surface area (Å²) in [5.74, 6) is 1.20. The summed E-state index contributed by atoms with van der Waals surface area (Å²) < 4.78 is 6.52. The molecular weight excluding hydrogens is 342 g/mol. The molecule has 1 aromatic carbocycles. The van der Waals surface area contributed by atoms with E-state index in [9.17, 15) is 0 Å². The zero-order valence-corrected chi connectivity index (χ0v) is 13.2. The molecule has 0 atom stereocenters. The molecule has 1 aliphatic rings. The van der Waals surface area contributed by atoms with Crippen molar-refractivity contribution in [2.45, 2.75) is 31.7 Å². The Labute approximate surface area is 131 Å². The van der Waals surface area contributed by atoms with Crippen molar-refractivity contribution in [3.8, 4) is 11.5 Å². The van der Waals surface area contributed by atoms with Gasteiger partial charge in [-0.25, -0.2) is 0 Å². The Hall–Kier alpha value is -0.910. The van der Waals surface area contributed by atoms with Gasteiger partial charge in [-0.3, -0.25) is 0 Å². The van der Waals surface area contributed by atoms with Gasteiger partial charge in [0.05, 0.1) is 5.02 Å². The fourth-order valence-electron chi connectivity index (χ4n) is 1.93. The lowest BCUT2D eigenvalue weighted by molar-refractivity contribution is 0.491. The Kier molecular flexibility index (Phi) is 4.38. The average molecular weight is 357 g/mol. The van der Waals surface area contributed by atoms with Crippen LogP contribution in [0.3, 0.4) is 0 Å². The van der Waals surface area contributed by atoms with Gasteiger partial charge in [-0.05, 0) is 59.9 Å². The van der Waals surface area contributed by atoms with Gasteiger partial charge in [-0.1, -0.05) is 11.6 Å². The molecule has 0 aliphatic heterocycles. The van der Waals surface area contributed by atoms with Crippen LogP contribution in [-0.2, 0) is 6.42 Å². The largest absolute Gasteiger partial charge is 0.421 e. The summed E-state index contributed by atoms with van der Waals surface area (Å²) in [6.45, 7) is 1.01. The van der Waals surface area contributed by atoms with E-state index in [1.54, 1.807) is 0 Å². The van der Waals surface area contributed by atoms with Crippen LogP contribution in [0.15, 0.2) is 27.1 Å². The van der Waals surface area contributed by atoms with Crippen LogP contribution in [0.4, 0.5) is 0 Å². The first-order chi connectivity index (χ1) is 9.72. The molecule has 0 saturated heterocycles. The van der Waals surface area contributed by atoms with Crippen molar-refractivity contribution in [3.63, 3.8) is 0 Å². The van der Waals surface area contributed by atoms with E-state index in [1.807, 2.05) is 18.2 Å². The van der Waals surface area contributed by atoms with Crippen LogP contribution in [0.2, 0.25) is 5.02 Å². The number of rotatable bonds is 6. The third-order valence-electron chi connectivity index (χ3n) is 3.21. The van der Waals surface area contributed by atoms with Crippen molar-refractivity contribution in [3.05, 3.63) is 33.6 Å². The molecule has 20 heavy (non-hydrogen) atoms. The van der Waals surface area contributed by atoms with Crippen molar-refractivity contribution in [1.29, 1.82) is 0 Å². The zero-order chi connectivity index (χ0) is 13.9. The number of halogens is 2. The lowest BCUT2D eigenvalue weighted by Crippen LogP contribution is -2.17. The zero-order valence-electron chi connectivity index (χ0n) is 10.9. The van der Waals surface area contributed by atoms with Gasteiger partial charge in [-0.15, -0.1) is 10.2 Å². The van der Waals surface area contributed by atoms with E-state index in [0.717, 1.165) is 35.5 Å². The minimum absolute atomic E-state index is 0.518. The Morgan fingerprint density at radius 1 is 1.35 bits per heavy atom. The van der Waals surface area contributed by atoms with Crippen molar-refractivity contribution in [2.24, 2.45) is 0 Å². The summed E-state index contributed by atoms with van der Waals surface area (Å²) in [5.41, 5.74) is 0.841. The lowest BCUT2D eigenvalue weighted by Gasteiger charge is -2.00. The monoisotopic (exact) mass is 355 g/mol. The van der Waals surface area contributed by atoms with Gasteiger partial charge in [0, 0.05) is 22.5 Å². The maximum Gasteiger partial charge on any atom is 0.247 e. The fraction of sp³-hybridized carbons (Fsp3) is 0.429. The molecule has 1 aromatic heterocycles. The molecule has 106 valence electrons. The second kappa shape index (κ2) is 6.24. The summed E-state index contributed by atoms with van der Waals surface area (Å²) >= 11 is 9.42. The van der Waals surface area contributed by atoms with Crippen LogP contribution in [-0.4, -0.2) is 22.8 Å². The highest BCUT2D eigenvalue weighted by molar-refractivity contribution is 9.10. The number of hydrogen-bond acceptors (Lipinski definition) is 4. The third-order valence-corrected chi connectivity index (χ3v) is 4.44. The molecule has 0 bridgehead atoms. The van der Waals surface area contributed by atoms with Crippen LogP contribution >= 0.6 is 27.5 Å². The normalized spacial score (nSPS) is 14.7. The quantitative estimate of drug-likeness (QED) is 0.799. The average Bonchev–Trinajstić information content (AvgIpc) is 3.15. The number of nitrogens with zero attached hydrogens (tertiary/aromatic N) is 2. The summed E-state index contributed by atoms with van der Waals surface area (Å²) in [7, 11) is 0. The number of aryl methyl sites for hydroxylation is 1. The molecule has 1 saturated carbocycles. The smallest absolute Gasteiger partial charge is 0.247 e. The maximum absolute atomic E-state index is 6.06. The van der Waals surface area contributed by atoms with Crippen molar-refractivity contribution in [1.82, 2.24) is 15.5 Å². The van der Waals surface area contributed by atoms with E-state index in [0.29, 0.717) is 16.8 Å². The lowest BCUT2D eigenvalue weighted by atomic mass is 10.2. The van der Waals surface area contributed by atoms with Gasteiger partial charge in [0.2, 0.25) is 11.8 Å². The third kappa shape index (κ3) is 3.59. The first-order valence-electron chi connectivity index (χ1n) is 6.73. The van der Waals surface area contributed by atoms with Crippen LogP contribution in [0.5, 0.6) is 0 Å². The van der Waals surface area contributed by atoms with Crippen LogP contribution < -0.4 is 5.32 Å². The Bertz CT molecular complexity index is 598. The first kappa shape index (κ1) is 14.0. The molecule has 0 spiro atoms. The van der Waals surface area contributed by atoms with E-state index < -0.39 is 0 Å². The molecular formula is C14H15BrClN3O. The van der Waals surface area contributed by atoms with E-state index in [1.165, 1.54) is 12.8 Å². The Morgan fingerprint density at radius 3 is 2.95 bits per heavy atom. The van der Waals surface area contributed by atoms with Gasteiger partial charge in [0.15, 0.2) is 0 Å². The summed E-state index contributed by atoms with van der Waals surface area (Å²) in [6.07, 6.45) is 4.44. The predicted octanol–water partition coefficient (Wildman–Crippen LogP) is 3.84. The minimum atomic E-state index is 0.518. The first-order valence-corrected chi connectivity index (χ1v) is 7.90. The van der Waals surface area contributed by atoms with Gasteiger partial charge in [0.1, 0.15) is 0 Å². The van der Waals surface area contributed by atoms with E-state index in [2.05, 4.69) is 31.4 Å². The SMILES string of the molecule is Clc1cc(-c2nnc(CCCNC3CC3)o2)ccc1Br. The Morgan fingerprint density at radius 2 is 2.20 bits per heavy atom. The number of aromatic nitrogens is 2. The number of nitrogens with one attached hydrogen (secondary N) is 1. The fourth-order valence-corrected chi connectivity index (χ4v) is 2.36. The number of benzene rings is 1. The van der Waals surface area contributed by atoms with Crippen molar-refractivity contribution in [2.75, 3.05) is 6.54 Å². The molecule has 1 heterocycles. The molecule has 6 heteroatoms. The van der Waals surface area contributed by atoms with Crippen molar-refractivity contribution < 1.29 is 4.42 Å². The molecule has 0 amide bonds. The van der Waals surface area contributed by atoms with Gasteiger partial charge in [0.25, 0.3) is 0 Å². The topological polar surface area (TPSA) is 51.0 Å². The van der Waals surface area contributed by atoms with Gasteiger partial charge in [-0.2, -0.15) is 0 Å². The second-order valence-electron chi connectivity index (χ2n) is 4.96. The molecule has 0 radical (unpaired) electrons. The van der Waals surface area contributed by atoms with Gasteiger partial charge >= 0.3 is 0 Å². The minimum Gasteiger partial charge on any atom is -0.421 e. The molecule has 2 aromatic rings. The van der Waals surface area contributed by atoms with E-state index in [-0.39, 0.29) is 0 Å². The summed E-state index contributed by atoms with van der Waals surface area (Å²) in [6, 6.07) is 6.35. The Balaban J connectivity index is 1.58. The molecule has 0 unspecified atom stereocenters. The standard InChI is InChI=1S/C14H15BrClN3O/c15-11-6-3-9(8-12(11)16)14-19-18-13(20-14)2-1-7-17-10-4-5-10/h3,6,8,10,17H,1-2,4-5,7H2. The predicted molar refractivity (Wildman–Crippen MR) is 81.8 cm³/mol. The van der Waals surface area contributed by atoms with Gasteiger partial charge < -0.3 is 9.73 Å². The second-order valence-corrected chi connectivity index (χ2v) is 6.22. The molecule has 3 rings (SSSR count). The highest BCUT2D eigenvalue weighted by Crippen LogP contribution is 2.28. The summed E-state index contributed by atoms with van der Waals surface area (Å²) in [5, 5.41) is 12.3. The molecule has 1 fully saturated rings. The highest BCUT2D eigenvalue weighted by atomic mass is 79.9.